The molecule has 0 atom stereocenters. The monoisotopic (exact) mass is 846 g/mol. The smallest absolute Gasteiger partial charge is 0.164 e. The maximum absolute atomic E-state index is 11.1. The number of para-hydroxylation sites is 3. The van der Waals surface area contributed by atoms with Crippen LogP contribution >= 0.6 is 11.3 Å². The average molecular weight is 847 g/mol. The fourth-order valence-corrected chi connectivity index (χ4v) is 10.8. The number of benzene rings is 9. The van der Waals surface area contributed by atoms with E-state index in [1.165, 1.54) is 20.2 Å². The van der Waals surface area contributed by atoms with Crippen LogP contribution in [0.15, 0.2) is 206 Å². The van der Waals surface area contributed by atoms with E-state index in [9.17, 15) is 5.26 Å². The molecule has 4 aromatic heterocycles. The highest BCUT2D eigenvalue weighted by atomic mass is 32.1. The van der Waals surface area contributed by atoms with Gasteiger partial charge in [0.1, 0.15) is 6.07 Å². The Hall–Kier alpha value is -8.70. The quantitative estimate of drug-likeness (QED) is 0.167. The molecule has 0 saturated heterocycles. The van der Waals surface area contributed by atoms with Gasteiger partial charge < -0.3 is 9.13 Å². The average Bonchev–Trinajstić information content (AvgIpc) is 4.04. The van der Waals surface area contributed by atoms with Gasteiger partial charge in [-0.3, -0.25) is 0 Å². The molecular weight excluding hydrogens is 813 g/mol. The lowest BCUT2D eigenvalue weighted by Gasteiger charge is -2.14. The van der Waals surface area contributed by atoms with E-state index in [2.05, 4.69) is 173 Å². The molecule has 0 N–H and O–H groups in total. The van der Waals surface area contributed by atoms with Crippen LogP contribution in [0.2, 0.25) is 0 Å². The Morgan fingerprint density at radius 1 is 0.400 bits per heavy atom. The Kier molecular flexibility index (Phi) is 8.35. The van der Waals surface area contributed by atoms with E-state index in [1.807, 2.05) is 48.5 Å². The Balaban J connectivity index is 1.04. The lowest BCUT2D eigenvalue weighted by molar-refractivity contribution is 1.07. The summed E-state index contributed by atoms with van der Waals surface area (Å²) in [6.07, 6.45) is 0. The minimum Gasteiger partial charge on any atom is -0.309 e. The number of hydrogen-bond donors (Lipinski definition) is 0. The van der Waals surface area contributed by atoms with Crippen LogP contribution in [-0.4, -0.2) is 24.1 Å². The lowest BCUT2D eigenvalue weighted by atomic mass is 9.99. The molecule has 4 heterocycles. The van der Waals surface area contributed by atoms with Gasteiger partial charge in [0.05, 0.1) is 33.3 Å². The first-order valence-electron chi connectivity index (χ1n) is 21.6. The summed E-state index contributed by atoms with van der Waals surface area (Å²) in [5, 5.41) is 18.0. The molecule has 65 heavy (non-hydrogen) atoms. The Labute approximate surface area is 377 Å². The summed E-state index contributed by atoms with van der Waals surface area (Å²) < 4.78 is 7.06. The number of fused-ring (bicyclic) bond motifs is 10. The van der Waals surface area contributed by atoms with Crippen molar-refractivity contribution in [3.8, 4) is 62.7 Å². The van der Waals surface area contributed by atoms with Gasteiger partial charge in [-0.15, -0.1) is 11.3 Å². The van der Waals surface area contributed by atoms with Crippen LogP contribution in [0, 0.1) is 11.3 Å². The van der Waals surface area contributed by atoms with Gasteiger partial charge in [0, 0.05) is 64.1 Å². The van der Waals surface area contributed by atoms with Gasteiger partial charge >= 0.3 is 0 Å². The number of thiophene rings is 1. The van der Waals surface area contributed by atoms with Crippen LogP contribution in [0.25, 0.3) is 120 Å². The van der Waals surface area contributed by atoms with E-state index in [-0.39, 0.29) is 0 Å². The summed E-state index contributed by atoms with van der Waals surface area (Å²) in [7, 11) is 0. The molecule has 6 nitrogen and oxygen atoms in total. The molecule has 0 saturated carbocycles. The first-order valence-corrected chi connectivity index (χ1v) is 22.4. The number of nitrogens with zero attached hydrogens (tertiary/aromatic N) is 6. The highest BCUT2D eigenvalue weighted by Crippen LogP contribution is 2.43. The van der Waals surface area contributed by atoms with E-state index >= 15 is 0 Å². The fourth-order valence-electron chi connectivity index (χ4n) is 9.74. The van der Waals surface area contributed by atoms with Gasteiger partial charge in [0.15, 0.2) is 17.5 Å². The van der Waals surface area contributed by atoms with Crippen LogP contribution in [0.1, 0.15) is 5.56 Å². The van der Waals surface area contributed by atoms with Gasteiger partial charge in [-0.2, -0.15) is 5.26 Å². The molecule has 13 rings (SSSR count). The zero-order valence-corrected chi connectivity index (χ0v) is 35.5. The summed E-state index contributed by atoms with van der Waals surface area (Å²) in [6, 6.07) is 74.3. The van der Waals surface area contributed by atoms with Crippen molar-refractivity contribution in [2.45, 2.75) is 0 Å². The number of aromatic nitrogens is 5. The molecular formula is C58H34N6S. The largest absolute Gasteiger partial charge is 0.309 e. The number of rotatable bonds is 6. The van der Waals surface area contributed by atoms with E-state index in [4.69, 9.17) is 15.0 Å². The maximum Gasteiger partial charge on any atom is 0.164 e. The van der Waals surface area contributed by atoms with Crippen LogP contribution in [-0.2, 0) is 0 Å². The summed E-state index contributed by atoms with van der Waals surface area (Å²) >= 11 is 1.78. The predicted molar refractivity (Wildman–Crippen MR) is 268 cm³/mol. The minimum absolute atomic E-state index is 0.488. The van der Waals surface area contributed by atoms with Gasteiger partial charge in [0.2, 0.25) is 0 Å². The Morgan fingerprint density at radius 2 is 1.00 bits per heavy atom. The van der Waals surface area contributed by atoms with Crippen molar-refractivity contribution in [2.75, 3.05) is 0 Å². The van der Waals surface area contributed by atoms with Gasteiger partial charge in [0.25, 0.3) is 0 Å². The molecule has 7 heteroatoms. The lowest BCUT2D eigenvalue weighted by Crippen LogP contribution is -2.03. The summed E-state index contributed by atoms with van der Waals surface area (Å²) in [5.41, 5.74) is 11.3. The van der Waals surface area contributed by atoms with E-state index in [0.717, 1.165) is 82.8 Å². The topological polar surface area (TPSA) is 72.3 Å². The molecule has 0 aliphatic heterocycles. The van der Waals surface area contributed by atoms with Crippen molar-refractivity contribution >= 4 is 75.1 Å². The zero-order chi connectivity index (χ0) is 43.0. The first-order chi connectivity index (χ1) is 32.2. The highest BCUT2D eigenvalue weighted by Gasteiger charge is 2.23. The van der Waals surface area contributed by atoms with Crippen LogP contribution < -0.4 is 0 Å². The summed E-state index contributed by atoms with van der Waals surface area (Å²) in [5.74, 6) is 1.61. The molecule has 0 spiro atoms. The Bertz CT molecular complexity index is 4080. The van der Waals surface area contributed by atoms with E-state index in [0.29, 0.717) is 23.0 Å². The fraction of sp³-hybridized carbons (Fsp3) is 0. The zero-order valence-electron chi connectivity index (χ0n) is 34.7. The molecule has 0 aliphatic carbocycles. The van der Waals surface area contributed by atoms with Crippen LogP contribution in [0.4, 0.5) is 0 Å². The number of nitriles is 1. The second-order valence-electron chi connectivity index (χ2n) is 16.3. The summed E-state index contributed by atoms with van der Waals surface area (Å²) in [6.45, 7) is 0. The Morgan fingerprint density at radius 3 is 1.78 bits per heavy atom. The molecule has 0 amide bonds. The van der Waals surface area contributed by atoms with Gasteiger partial charge in [-0.1, -0.05) is 133 Å². The summed E-state index contributed by atoms with van der Waals surface area (Å²) in [4.78, 5) is 15.6. The van der Waals surface area contributed by atoms with Crippen molar-refractivity contribution in [1.29, 1.82) is 5.26 Å². The van der Waals surface area contributed by atoms with Crippen molar-refractivity contribution in [1.82, 2.24) is 24.1 Å². The predicted octanol–water partition coefficient (Wildman–Crippen LogP) is 15.0. The van der Waals surface area contributed by atoms with Crippen molar-refractivity contribution in [3.63, 3.8) is 0 Å². The third-order valence-electron chi connectivity index (χ3n) is 12.6. The van der Waals surface area contributed by atoms with Crippen molar-refractivity contribution < 1.29 is 0 Å². The first kappa shape index (κ1) is 36.9. The van der Waals surface area contributed by atoms with Gasteiger partial charge in [-0.25, -0.2) is 15.0 Å². The van der Waals surface area contributed by atoms with Crippen LogP contribution in [0.5, 0.6) is 0 Å². The highest BCUT2D eigenvalue weighted by molar-refractivity contribution is 7.25. The van der Waals surface area contributed by atoms with E-state index < -0.39 is 0 Å². The maximum atomic E-state index is 11.1. The SMILES string of the molecule is N#Cc1cc(-c2nc(-c3ccc4sc5ccccc5c4c3)nc(-c3ccccc3-c3ccccc3)n2)ccc1-n1c2ccccc2c2ccc3c(c4ccccc4n3-c3ccccc3)c21. The normalized spacial score (nSPS) is 11.7. The van der Waals surface area contributed by atoms with E-state index in [1.54, 1.807) is 11.3 Å². The molecule has 0 bridgehead atoms. The third-order valence-corrected chi connectivity index (χ3v) is 13.8. The second-order valence-corrected chi connectivity index (χ2v) is 17.4. The van der Waals surface area contributed by atoms with Gasteiger partial charge in [-0.05, 0) is 83.9 Å². The van der Waals surface area contributed by atoms with Crippen molar-refractivity contribution in [3.05, 3.63) is 212 Å². The molecule has 9 aromatic carbocycles. The standard InChI is InChI=1S/C58H34N6S/c59-35-39-33-37(27-30-48(39)64-49-24-12-9-20-42(49)44-29-31-51-54(55(44)64)46-23-10-13-25-50(46)63(51)40-17-5-2-6-18-40)56-60-57(38-28-32-53-47(34-38)43-21-11-14-26-52(43)65-53)62-58(61-56)45-22-8-7-19-41(45)36-15-3-1-4-16-36/h1-34H. The molecule has 302 valence electrons. The number of hydrogen-bond acceptors (Lipinski definition) is 5. The molecule has 0 unspecified atom stereocenters. The molecule has 0 fully saturated rings. The second kappa shape index (κ2) is 14.7. The third kappa shape index (κ3) is 5.82. The molecule has 0 aliphatic rings. The van der Waals surface area contributed by atoms with Crippen LogP contribution in [0.3, 0.4) is 0 Å². The minimum atomic E-state index is 0.488. The molecule has 0 radical (unpaired) electrons. The van der Waals surface area contributed by atoms with Crippen molar-refractivity contribution in [2.24, 2.45) is 0 Å². The molecule has 13 aromatic rings.